The minimum Gasteiger partial charge on any atom is -0.272 e. The van der Waals surface area contributed by atoms with E-state index >= 15 is 0 Å². The quantitative estimate of drug-likeness (QED) is 0.476. The SMILES string of the molecule is Cc1nc2ccc(C(=O)NNC(=O)CSc3cc(Cl)ccc3Cl)cc2nc1C. The van der Waals surface area contributed by atoms with Gasteiger partial charge in [-0.15, -0.1) is 11.8 Å². The first-order valence-corrected chi connectivity index (χ1v) is 9.99. The molecular weight excluding hydrogens is 419 g/mol. The molecule has 3 aromatic rings. The fourth-order valence-electron chi connectivity index (χ4n) is 2.34. The van der Waals surface area contributed by atoms with Crippen molar-refractivity contribution < 1.29 is 9.59 Å². The van der Waals surface area contributed by atoms with E-state index in [-0.39, 0.29) is 11.7 Å². The molecule has 9 heteroatoms. The lowest BCUT2D eigenvalue weighted by atomic mass is 10.1. The van der Waals surface area contributed by atoms with E-state index in [0.29, 0.717) is 31.5 Å². The number of thioether (sulfide) groups is 1. The molecule has 0 aliphatic heterocycles. The van der Waals surface area contributed by atoms with Crippen LogP contribution in [-0.4, -0.2) is 27.5 Å². The van der Waals surface area contributed by atoms with Crippen molar-refractivity contribution >= 4 is 57.8 Å². The molecule has 0 spiro atoms. The van der Waals surface area contributed by atoms with Crippen LogP contribution in [0.4, 0.5) is 0 Å². The summed E-state index contributed by atoms with van der Waals surface area (Å²) in [6.07, 6.45) is 0. The molecule has 0 bridgehead atoms. The van der Waals surface area contributed by atoms with Crippen molar-refractivity contribution in [2.75, 3.05) is 5.75 Å². The zero-order chi connectivity index (χ0) is 20.3. The van der Waals surface area contributed by atoms with Gasteiger partial charge in [0.25, 0.3) is 5.91 Å². The van der Waals surface area contributed by atoms with Crippen LogP contribution in [0.15, 0.2) is 41.3 Å². The van der Waals surface area contributed by atoms with Gasteiger partial charge in [0.1, 0.15) is 0 Å². The molecule has 0 unspecified atom stereocenters. The lowest BCUT2D eigenvalue weighted by Gasteiger charge is -2.09. The average Bonchev–Trinajstić information content (AvgIpc) is 2.67. The van der Waals surface area contributed by atoms with Crippen LogP contribution in [0.3, 0.4) is 0 Å². The predicted molar refractivity (Wildman–Crippen MR) is 112 cm³/mol. The maximum absolute atomic E-state index is 12.3. The summed E-state index contributed by atoms with van der Waals surface area (Å²) in [5, 5.41) is 1.04. The summed E-state index contributed by atoms with van der Waals surface area (Å²) in [6, 6.07) is 10.0. The number of hydrogen-bond acceptors (Lipinski definition) is 5. The van der Waals surface area contributed by atoms with E-state index in [1.807, 2.05) is 13.8 Å². The molecule has 0 radical (unpaired) electrons. The number of aryl methyl sites for hydroxylation is 2. The second kappa shape index (κ2) is 8.77. The van der Waals surface area contributed by atoms with Crippen molar-refractivity contribution in [1.29, 1.82) is 0 Å². The number of benzene rings is 2. The molecule has 0 atom stereocenters. The molecule has 0 aliphatic carbocycles. The van der Waals surface area contributed by atoms with Gasteiger partial charge in [0, 0.05) is 15.5 Å². The van der Waals surface area contributed by atoms with Crippen LogP contribution >= 0.6 is 35.0 Å². The molecule has 0 saturated carbocycles. The number of nitrogens with zero attached hydrogens (tertiary/aromatic N) is 2. The standard InChI is InChI=1S/C19H16Cl2N4O2S/c1-10-11(2)23-16-7-12(3-6-15(16)22-10)19(27)25-24-18(26)9-28-17-8-13(20)4-5-14(17)21/h3-8H,9H2,1-2H3,(H,24,26)(H,25,27). The number of rotatable bonds is 4. The van der Waals surface area contributed by atoms with Gasteiger partial charge in [-0.3, -0.25) is 20.4 Å². The number of aromatic nitrogens is 2. The van der Waals surface area contributed by atoms with Gasteiger partial charge >= 0.3 is 0 Å². The molecule has 0 aliphatic rings. The molecule has 144 valence electrons. The van der Waals surface area contributed by atoms with Crippen molar-refractivity contribution in [3.05, 3.63) is 63.4 Å². The number of halogens is 2. The normalized spacial score (nSPS) is 10.7. The highest BCUT2D eigenvalue weighted by Crippen LogP contribution is 2.29. The number of hydrazine groups is 1. The third-order valence-corrected chi connectivity index (χ3v) is 5.64. The molecule has 0 fully saturated rings. The van der Waals surface area contributed by atoms with Crippen LogP contribution in [0.25, 0.3) is 11.0 Å². The summed E-state index contributed by atoms with van der Waals surface area (Å²) in [7, 11) is 0. The van der Waals surface area contributed by atoms with Gasteiger partial charge in [-0.1, -0.05) is 23.2 Å². The van der Waals surface area contributed by atoms with E-state index in [1.54, 1.807) is 36.4 Å². The van der Waals surface area contributed by atoms with Crippen LogP contribution in [0.2, 0.25) is 10.0 Å². The maximum Gasteiger partial charge on any atom is 0.269 e. The Labute approximate surface area is 176 Å². The number of carbonyl (C=O) groups excluding carboxylic acids is 2. The van der Waals surface area contributed by atoms with Gasteiger partial charge in [0.2, 0.25) is 5.91 Å². The zero-order valence-corrected chi connectivity index (χ0v) is 17.4. The highest BCUT2D eigenvalue weighted by molar-refractivity contribution is 8.00. The van der Waals surface area contributed by atoms with E-state index in [9.17, 15) is 9.59 Å². The number of fused-ring (bicyclic) bond motifs is 1. The average molecular weight is 435 g/mol. The summed E-state index contributed by atoms with van der Waals surface area (Å²) in [5.74, 6) is -0.746. The molecule has 3 rings (SSSR count). The largest absolute Gasteiger partial charge is 0.272 e. The summed E-state index contributed by atoms with van der Waals surface area (Å²) >= 11 is 13.2. The Morgan fingerprint density at radius 2 is 1.68 bits per heavy atom. The molecule has 1 aromatic heterocycles. The highest BCUT2D eigenvalue weighted by Gasteiger charge is 2.11. The van der Waals surface area contributed by atoms with Crippen molar-refractivity contribution in [2.45, 2.75) is 18.7 Å². The van der Waals surface area contributed by atoms with Crippen LogP contribution in [0, 0.1) is 13.8 Å². The monoisotopic (exact) mass is 434 g/mol. The fourth-order valence-corrected chi connectivity index (χ4v) is 3.63. The van der Waals surface area contributed by atoms with Crippen molar-refractivity contribution in [3.63, 3.8) is 0 Å². The van der Waals surface area contributed by atoms with Crippen LogP contribution < -0.4 is 10.9 Å². The first-order valence-electron chi connectivity index (χ1n) is 8.25. The number of carbonyl (C=O) groups is 2. The predicted octanol–water partition coefficient (Wildman–Crippen LogP) is 4.11. The van der Waals surface area contributed by atoms with Gasteiger partial charge in [0.05, 0.1) is 33.2 Å². The van der Waals surface area contributed by atoms with Gasteiger partial charge in [-0.2, -0.15) is 0 Å². The molecule has 2 aromatic carbocycles. The Morgan fingerprint density at radius 3 is 2.43 bits per heavy atom. The maximum atomic E-state index is 12.3. The van der Waals surface area contributed by atoms with Gasteiger partial charge in [-0.05, 0) is 50.2 Å². The first kappa shape index (κ1) is 20.4. The zero-order valence-electron chi connectivity index (χ0n) is 15.0. The highest BCUT2D eigenvalue weighted by atomic mass is 35.5. The van der Waals surface area contributed by atoms with Crippen molar-refractivity contribution in [3.8, 4) is 0 Å². The number of amides is 2. The summed E-state index contributed by atoms with van der Waals surface area (Å²) in [4.78, 5) is 33.9. The van der Waals surface area contributed by atoms with Crippen molar-refractivity contribution in [1.82, 2.24) is 20.8 Å². The Morgan fingerprint density at radius 1 is 0.964 bits per heavy atom. The summed E-state index contributed by atoms with van der Waals surface area (Å²) < 4.78 is 0. The van der Waals surface area contributed by atoms with Crippen LogP contribution in [0.5, 0.6) is 0 Å². The van der Waals surface area contributed by atoms with E-state index in [4.69, 9.17) is 23.2 Å². The molecule has 1 heterocycles. The van der Waals surface area contributed by atoms with E-state index < -0.39 is 5.91 Å². The van der Waals surface area contributed by atoms with Crippen LogP contribution in [0.1, 0.15) is 21.7 Å². The first-order chi connectivity index (χ1) is 13.3. The summed E-state index contributed by atoms with van der Waals surface area (Å²) in [5.41, 5.74) is 8.11. The Bertz CT molecular complexity index is 1080. The lowest BCUT2D eigenvalue weighted by Crippen LogP contribution is -2.42. The topological polar surface area (TPSA) is 84.0 Å². The minimum absolute atomic E-state index is 0.0714. The molecule has 2 N–H and O–H groups in total. The second-order valence-corrected chi connectivity index (χ2v) is 7.82. The third-order valence-electron chi connectivity index (χ3n) is 3.90. The van der Waals surface area contributed by atoms with E-state index in [1.165, 1.54) is 11.8 Å². The Balaban J connectivity index is 1.59. The second-order valence-electron chi connectivity index (χ2n) is 5.96. The van der Waals surface area contributed by atoms with Gasteiger partial charge in [-0.25, -0.2) is 9.97 Å². The summed E-state index contributed by atoms with van der Waals surface area (Å²) in [6.45, 7) is 3.74. The number of hydrogen-bond donors (Lipinski definition) is 2. The smallest absolute Gasteiger partial charge is 0.269 e. The molecule has 0 saturated heterocycles. The molecule has 6 nitrogen and oxygen atoms in total. The fraction of sp³-hybridized carbons (Fsp3) is 0.158. The number of nitrogens with one attached hydrogen (secondary N) is 2. The van der Waals surface area contributed by atoms with E-state index in [0.717, 1.165) is 11.4 Å². The van der Waals surface area contributed by atoms with Crippen LogP contribution in [-0.2, 0) is 4.79 Å². The van der Waals surface area contributed by atoms with E-state index in [2.05, 4.69) is 20.8 Å². The Kier molecular flexibility index (Phi) is 6.39. The van der Waals surface area contributed by atoms with Gasteiger partial charge < -0.3 is 0 Å². The molecular formula is C19H16Cl2N4O2S. The molecule has 2 amide bonds. The third kappa shape index (κ3) is 4.92. The molecule has 28 heavy (non-hydrogen) atoms. The Hall–Kier alpha value is -2.35. The lowest BCUT2D eigenvalue weighted by molar-refractivity contribution is -0.119. The van der Waals surface area contributed by atoms with Gasteiger partial charge in [0.15, 0.2) is 0 Å². The van der Waals surface area contributed by atoms with Crippen molar-refractivity contribution in [2.24, 2.45) is 0 Å². The minimum atomic E-state index is -0.443.